The van der Waals surface area contributed by atoms with Gasteiger partial charge in [-0.2, -0.15) is 0 Å². The number of Topliss-reactive ketones (excluding diaryl/α,β-unsaturated/α-hetero) is 1. The SMILES string of the molecule is CNc1ccc2c(c1)NC(=O)C(c1ccc(NC(=O)NS(=O)(=O)c3ccc(Cl)s3)cc1F)C2=O. The van der Waals surface area contributed by atoms with Crippen molar-refractivity contribution < 1.29 is 27.2 Å². The van der Waals surface area contributed by atoms with Crippen LogP contribution in [0.5, 0.6) is 0 Å². The van der Waals surface area contributed by atoms with Crippen LogP contribution in [-0.2, 0) is 14.8 Å². The molecule has 0 spiro atoms. The smallest absolute Gasteiger partial charge is 0.333 e. The van der Waals surface area contributed by atoms with Gasteiger partial charge < -0.3 is 16.0 Å². The average molecular weight is 523 g/mol. The highest BCUT2D eigenvalue weighted by atomic mass is 35.5. The number of amides is 3. The zero-order chi connectivity index (χ0) is 24.6. The summed E-state index contributed by atoms with van der Waals surface area (Å²) >= 11 is 6.48. The van der Waals surface area contributed by atoms with E-state index in [9.17, 15) is 27.2 Å². The fraction of sp³-hybridized carbons (Fsp3) is 0.0952. The second kappa shape index (κ2) is 9.05. The van der Waals surface area contributed by atoms with Crippen molar-refractivity contribution in [1.29, 1.82) is 0 Å². The topological polar surface area (TPSA) is 133 Å². The Kier molecular flexibility index (Phi) is 6.30. The van der Waals surface area contributed by atoms with Crippen molar-refractivity contribution >= 4 is 67.7 Å². The number of carbonyl (C=O) groups excluding carboxylic acids is 3. The number of hydrogen-bond donors (Lipinski definition) is 4. The molecule has 1 aromatic heterocycles. The number of halogens is 2. The molecule has 1 aliphatic heterocycles. The maximum atomic E-state index is 14.9. The molecule has 3 aromatic rings. The molecule has 4 N–H and O–H groups in total. The van der Waals surface area contributed by atoms with Gasteiger partial charge >= 0.3 is 6.03 Å². The van der Waals surface area contributed by atoms with Gasteiger partial charge in [-0.05, 0) is 42.5 Å². The highest BCUT2D eigenvalue weighted by Gasteiger charge is 2.37. The first kappa shape index (κ1) is 23.7. The minimum absolute atomic E-state index is 0.0825. The lowest BCUT2D eigenvalue weighted by Gasteiger charge is -2.24. The number of ketones is 1. The summed E-state index contributed by atoms with van der Waals surface area (Å²) in [5.74, 6) is -3.60. The molecule has 4 rings (SSSR count). The summed E-state index contributed by atoms with van der Waals surface area (Å²) in [5, 5.41) is 7.72. The number of fused-ring (bicyclic) bond motifs is 1. The van der Waals surface area contributed by atoms with Crippen LogP contribution in [0.3, 0.4) is 0 Å². The van der Waals surface area contributed by atoms with Gasteiger partial charge in [-0.1, -0.05) is 17.7 Å². The van der Waals surface area contributed by atoms with E-state index in [1.807, 2.05) is 0 Å². The molecule has 13 heteroatoms. The van der Waals surface area contributed by atoms with Gasteiger partial charge in [-0.3, -0.25) is 9.59 Å². The monoisotopic (exact) mass is 522 g/mol. The Labute approximate surface area is 202 Å². The molecule has 2 heterocycles. The molecule has 9 nitrogen and oxygen atoms in total. The Morgan fingerprint density at radius 2 is 1.82 bits per heavy atom. The maximum absolute atomic E-state index is 14.9. The number of rotatable bonds is 5. The molecule has 176 valence electrons. The first-order chi connectivity index (χ1) is 16.1. The van der Waals surface area contributed by atoms with E-state index in [1.54, 1.807) is 23.9 Å². The van der Waals surface area contributed by atoms with Crippen molar-refractivity contribution in [3.8, 4) is 0 Å². The van der Waals surface area contributed by atoms with E-state index in [0.717, 1.165) is 17.4 Å². The Bertz CT molecular complexity index is 1440. The van der Waals surface area contributed by atoms with Crippen LogP contribution in [0, 0.1) is 5.82 Å². The van der Waals surface area contributed by atoms with E-state index < -0.39 is 39.5 Å². The molecule has 0 aliphatic carbocycles. The lowest BCUT2D eigenvalue weighted by atomic mass is 9.85. The minimum atomic E-state index is -4.17. The number of nitrogens with one attached hydrogen (secondary N) is 4. The Morgan fingerprint density at radius 1 is 1.09 bits per heavy atom. The van der Waals surface area contributed by atoms with Gasteiger partial charge in [-0.15, -0.1) is 11.3 Å². The third-order valence-electron chi connectivity index (χ3n) is 4.97. The predicted molar refractivity (Wildman–Crippen MR) is 127 cm³/mol. The van der Waals surface area contributed by atoms with E-state index >= 15 is 0 Å². The first-order valence-electron chi connectivity index (χ1n) is 9.64. The third kappa shape index (κ3) is 4.60. The molecule has 0 saturated carbocycles. The zero-order valence-corrected chi connectivity index (χ0v) is 19.7. The van der Waals surface area contributed by atoms with E-state index in [-0.39, 0.29) is 25.4 Å². The van der Waals surface area contributed by atoms with Crippen molar-refractivity contribution in [3.05, 3.63) is 69.8 Å². The van der Waals surface area contributed by atoms with Gasteiger partial charge in [0.15, 0.2) is 5.78 Å². The predicted octanol–water partition coefficient (Wildman–Crippen LogP) is 4.01. The van der Waals surface area contributed by atoms with Crippen LogP contribution in [0.1, 0.15) is 21.8 Å². The lowest BCUT2D eigenvalue weighted by molar-refractivity contribution is -0.116. The molecule has 0 bridgehead atoms. The van der Waals surface area contributed by atoms with E-state index in [4.69, 9.17) is 11.6 Å². The maximum Gasteiger partial charge on any atom is 0.333 e. The van der Waals surface area contributed by atoms with Crippen molar-refractivity contribution in [1.82, 2.24) is 4.72 Å². The highest BCUT2D eigenvalue weighted by Crippen LogP contribution is 2.35. The summed E-state index contributed by atoms with van der Waals surface area (Å²) in [6.45, 7) is 0. The number of hydrogen-bond acceptors (Lipinski definition) is 7. The van der Waals surface area contributed by atoms with Gasteiger partial charge in [-0.25, -0.2) is 22.3 Å². The van der Waals surface area contributed by atoms with Crippen LogP contribution in [0.4, 0.5) is 26.2 Å². The molecular formula is C21H16ClFN4O5S2. The molecule has 34 heavy (non-hydrogen) atoms. The summed E-state index contributed by atoms with van der Waals surface area (Å²) in [6.07, 6.45) is 0. The summed E-state index contributed by atoms with van der Waals surface area (Å²) in [4.78, 5) is 37.7. The number of urea groups is 1. The molecule has 0 saturated heterocycles. The molecular weight excluding hydrogens is 507 g/mol. The normalized spacial score (nSPS) is 15.3. The average Bonchev–Trinajstić information content (AvgIpc) is 3.21. The summed E-state index contributed by atoms with van der Waals surface area (Å²) in [5.41, 5.74) is 0.984. The number of anilines is 3. The quantitative estimate of drug-likeness (QED) is 0.374. The summed E-state index contributed by atoms with van der Waals surface area (Å²) in [6, 6.07) is 9.61. The zero-order valence-electron chi connectivity index (χ0n) is 17.3. The van der Waals surface area contributed by atoms with Crippen LogP contribution in [0.2, 0.25) is 4.34 Å². The Balaban J connectivity index is 1.52. The number of carbonyl (C=O) groups is 3. The number of benzene rings is 2. The number of thiophene rings is 1. The summed E-state index contributed by atoms with van der Waals surface area (Å²) < 4.78 is 41.2. The van der Waals surface area contributed by atoms with Crippen LogP contribution >= 0.6 is 22.9 Å². The summed E-state index contributed by atoms with van der Waals surface area (Å²) in [7, 11) is -2.48. The molecule has 1 aliphatic rings. The van der Waals surface area contributed by atoms with Gasteiger partial charge in [0.25, 0.3) is 10.0 Å². The number of sulfonamides is 1. The largest absolute Gasteiger partial charge is 0.388 e. The van der Waals surface area contributed by atoms with Gasteiger partial charge in [0.1, 0.15) is 15.9 Å². The van der Waals surface area contributed by atoms with Crippen molar-refractivity contribution in [2.45, 2.75) is 10.1 Å². The van der Waals surface area contributed by atoms with Crippen LogP contribution in [0.15, 0.2) is 52.7 Å². The molecule has 0 radical (unpaired) electrons. The molecule has 0 fully saturated rings. The third-order valence-corrected chi connectivity index (χ3v) is 8.02. The van der Waals surface area contributed by atoms with Crippen LogP contribution < -0.4 is 20.7 Å². The highest BCUT2D eigenvalue weighted by molar-refractivity contribution is 7.92. The van der Waals surface area contributed by atoms with E-state index in [0.29, 0.717) is 11.4 Å². The fourth-order valence-corrected chi connectivity index (χ4v) is 5.78. The standard InChI is InChI=1S/C21H16ClFN4O5S2/c1-24-10-2-5-13-15(9-10)26-20(29)18(19(13)28)12-4-3-11(8-14(12)23)25-21(30)27-34(31,32)17-7-6-16(22)33-17/h2-9,18,24H,1H3,(H,26,29)(H2,25,27,30). The molecule has 2 aromatic carbocycles. The van der Waals surface area contributed by atoms with Gasteiger partial charge in [0.05, 0.1) is 10.0 Å². The van der Waals surface area contributed by atoms with Crippen molar-refractivity contribution in [3.63, 3.8) is 0 Å². The fourth-order valence-electron chi connectivity index (χ4n) is 3.39. The second-order valence-corrected chi connectivity index (χ2v) is 10.8. The second-order valence-electron chi connectivity index (χ2n) is 7.15. The minimum Gasteiger partial charge on any atom is -0.388 e. The van der Waals surface area contributed by atoms with E-state index in [1.165, 1.54) is 30.3 Å². The van der Waals surface area contributed by atoms with Crippen LogP contribution in [-0.4, -0.2) is 33.2 Å². The van der Waals surface area contributed by atoms with Gasteiger partial charge in [0.2, 0.25) is 5.91 Å². The van der Waals surface area contributed by atoms with Crippen molar-refractivity contribution in [2.75, 3.05) is 23.0 Å². The molecule has 1 atom stereocenters. The molecule has 3 amide bonds. The van der Waals surface area contributed by atoms with E-state index in [2.05, 4.69) is 16.0 Å². The van der Waals surface area contributed by atoms with Gasteiger partial charge in [0, 0.05) is 29.5 Å². The Morgan fingerprint density at radius 3 is 2.47 bits per heavy atom. The molecule has 1 unspecified atom stereocenters. The first-order valence-corrected chi connectivity index (χ1v) is 12.3. The Hall–Kier alpha value is -3.48. The van der Waals surface area contributed by atoms with Crippen molar-refractivity contribution in [2.24, 2.45) is 0 Å². The van der Waals surface area contributed by atoms with Crippen LogP contribution in [0.25, 0.3) is 0 Å². The lowest BCUT2D eigenvalue weighted by Crippen LogP contribution is -2.35.